The van der Waals surface area contributed by atoms with E-state index in [2.05, 4.69) is 20.1 Å². The minimum atomic E-state index is -0.335. The average Bonchev–Trinajstić information content (AvgIpc) is 2.92. The summed E-state index contributed by atoms with van der Waals surface area (Å²) in [7, 11) is 1.67. The van der Waals surface area contributed by atoms with E-state index < -0.39 is 0 Å². The summed E-state index contributed by atoms with van der Waals surface area (Å²) < 4.78 is 10.7. The first-order chi connectivity index (χ1) is 9.28. The summed E-state index contributed by atoms with van der Waals surface area (Å²) in [5.74, 6) is 1.55. The normalized spacial score (nSPS) is 18.4. The Balaban J connectivity index is 1.69. The molecule has 0 amide bonds. The molecule has 1 aliphatic carbocycles. The summed E-state index contributed by atoms with van der Waals surface area (Å²) in [4.78, 5) is 11.3. The zero-order valence-electron chi connectivity index (χ0n) is 10.7. The number of ether oxygens (including phenoxy) is 1. The molecule has 2 aromatic rings. The Morgan fingerprint density at radius 1 is 1.58 bits per heavy atom. The molecular formula is C12H17N5O2. The fourth-order valence-corrected chi connectivity index (χ4v) is 2.14. The van der Waals surface area contributed by atoms with Gasteiger partial charge in [-0.05, 0) is 18.8 Å². The predicted octanol–water partition coefficient (Wildman–Crippen LogP) is 1.13. The summed E-state index contributed by atoms with van der Waals surface area (Å²) in [5.41, 5.74) is 6.99. The smallest absolute Gasteiger partial charge is 0.244 e. The standard InChI is InChI=1S/C12H17N5O2/c1-18-10(7-2-3-7)11-16-12(19-17-11)9(13)4-8-5-14-6-15-8/h5-7,9-10H,2-4,13H2,1H3,(H,14,15)/t9-,10?/m1/s1. The lowest BCUT2D eigenvalue weighted by atomic mass is 10.2. The van der Waals surface area contributed by atoms with E-state index >= 15 is 0 Å². The number of H-pyrrole nitrogens is 1. The lowest BCUT2D eigenvalue weighted by molar-refractivity contribution is 0.0751. The number of hydrogen-bond acceptors (Lipinski definition) is 6. The lowest BCUT2D eigenvalue weighted by Gasteiger charge is -2.08. The molecule has 1 saturated carbocycles. The van der Waals surface area contributed by atoms with Crippen molar-refractivity contribution in [2.75, 3.05) is 7.11 Å². The molecule has 3 rings (SSSR count). The van der Waals surface area contributed by atoms with Gasteiger partial charge in [-0.1, -0.05) is 5.16 Å². The number of aromatic amines is 1. The number of imidazole rings is 1. The molecule has 0 spiro atoms. The third-order valence-electron chi connectivity index (χ3n) is 3.33. The second kappa shape index (κ2) is 5.10. The van der Waals surface area contributed by atoms with Gasteiger partial charge in [-0.25, -0.2) is 4.98 Å². The van der Waals surface area contributed by atoms with E-state index in [0.717, 1.165) is 18.5 Å². The Morgan fingerprint density at radius 2 is 2.42 bits per heavy atom. The van der Waals surface area contributed by atoms with Crippen LogP contribution >= 0.6 is 0 Å². The first kappa shape index (κ1) is 12.3. The van der Waals surface area contributed by atoms with Crippen LogP contribution in [0, 0.1) is 5.92 Å². The van der Waals surface area contributed by atoms with E-state index in [0.29, 0.717) is 24.1 Å². The molecule has 1 aliphatic rings. The topological polar surface area (TPSA) is 103 Å². The van der Waals surface area contributed by atoms with Gasteiger partial charge in [-0.3, -0.25) is 0 Å². The summed E-state index contributed by atoms with van der Waals surface area (Å²) in [6, 6.07) is -0.335. The van der Waals surface area contributed by atoms with E-state index in [-0.39, 0.29) is 12.1 Å². The third-order valence-corrected chi connectivity index (χ3v) is 3.33. The van der Waals surface area contributed by atoms with Crippen LogP contribution in [0.15, 0.2) is 17.0 Å². The SMILES string of the molecule is COC(c1noc([C@H](N)Cc2cnc[nH]2)n1)C1CC1. The first-order valence-corrected chi connectivity index (χ1v) is 6.37. The van der Waals surface area contributed by atoms with E-state index in [4.69, 9.17) is 15.0 Å². The molecule has 2 heterocycles. The fraction of sp³-hybridized carbons (Fsp3) is 0.583. The van der Waals surface area contributed by atoms with Gasteiger partial charge in [0.25, 0.3) is 0 Å². The molecule has 0 bridgehead atoms. The molecular weight excluding hydrogens is 246 g/mol. The highest BCUT2D eigenvalue weighted by Crippen LogP contribution is 2.42. The molecule has 3 N–H and O–H groups in total. The molecule has 19 heavy (non-hydrogen) atoms. The molecule has 2 atom stereocenters. The van der Waals surface area contributed by atoms with Gasteiger partial charge < -0.3 is 20.0 Å². The summed E-state index contributed by atoms with van der Waals surface area (Å²) in [6.45, 7) is 0. The molecule has 1 fully saturated rings. The zero-order chi connectivity index (χ0) is 13.2. The number of nitrogens with zero attached hydrogens (tertiary/aromatic N) is 3. The van der Waals surface area contributed by atoms with Crippen LogP contribution in [0.25, 0.3) is 0 Å². The second-order valence-electron chi connectivity index (χ2n) is 4.87. The number of hydrogen-bond donors (Lipinski definition) is 2. The van der Waals surface area contributed by atoms with Gasteiger partial charge in [0.1, 0.15) is 6.10 Å². The summed E-state index contributed by atoms with van der Waals surface area (Å²) in [5, 5.41) is 3.98. The van der Waals surface area contributed by atoms with E-state index in [9.17, 15) is 0 Å². The lowest BCUT2D eigenvalue weighted by Crippen LogP contribution is -2.14. The van der Waals surface area contributed by atoms with Crippen LogP contribution in [0.3, 0.4) is 0 Å². The molecule has 0 aliphatic heterocycles. The largest absolute Gasteiger partial charge is 0.373 e. The van der Waals surface area contributed by atoms with Crippen molar-refractivity contribution in [2.24, 2.45) is 11.7 Å². The molecule has 7 heteroatoms. The van der Waals surface area contributed by atoms with Crippen LogP contribution < -0.4 is 5.73 Å². The summed E-state index contributed by atoms with van der Waals surface area (Å²) >= 11 is 0. The highest BCUT2D eigenvalue weighted by Gasteiger charge is 2.36. The quantitative estimate of drug-likeness (QED) is 0.809. The van der Waals surface area contributed by atoms with E-state index in [1.165, 1.54) is 0 Å². The van der Waals surface area contributed by atoms with Crippen molar-refractivity contribution in [1.82, 2.24) is 20.1 Å². The van der Waals surface area contributed by atoms with Crippen molar-refractivity contribution in [3.63, 3.8) is 0 Å². The molecule has 102 valence electrons. The molecule has 0 saturated heterocycles. The van der Waals surface area contributed by atoms with Crippen molar-refractivity contribution in [2.45, 2.75) is 31.4 Å². The van der Waals surface area contributed by atoms with Gasteiger partial charge in [0, 0.05) is 25.4 Å². The van der Waals surface area contributed by atoms with Gasteiger partial charge in [0.2, 0.25) is 11.7 Å². The molecule has 0 aromatic carbocycles. The van der Waals surface area contributed by atoms with E-state index in [1.807, 2.05) is 0 Å². The second-order valence-corrected chi connectivity index (χ2v) is 4.87. The van der Waals surface area contributed by atoms with Crippen LogP contribution in [0.1, 0.15) is 42.4 Å². The molecule has 0 radical (unpaired) electrons. The van der Waals surface area contributed by atoms with Crippen LogP contribution in [-0.2, 0) is 11.2 Å². The minimum absolute atomic E-state index is 0.0724. The van der Waals surface area contributed by atoms with Crippen molar-refractivity contribution >= 4 is 0 Å². The van der Waals surface area contributed by atoms with Gasteiger partial charge in [0.15, 0.2) is 0 Å². The number of rotatable bonds is 6. The fourth-order valence-electron chi connectivity index (χ4n) is 2.14. The maximum Gasteiger partial charge on any atom is 0.244 e. The van der Waals surface area contributed by atoms with Gasteiger partial charge in [-0.2, -0.15) is 4.98 Å². The van der Waals surface area contributed by atoms with Crippen molar-refractivity contribution in [3.05, 3.63) is 29.9 Å². The van der Waals surface area contributed by atoms with Gasteiger partial charge in [-0.15, -0.1) is 0 Å². The van der Waals surface area contributed by atoms with Gasteiger partial charge >= 0.3 is 0 Å². The van der Waals surface area contributed by atoms with Crippen LogP contribution in [0.4, 0.5) is 0 Å². The number of methoxy groups -OCH3 is 1. The Labute approximate surface area is 110 Å². The highest BCUT2D eigenvalue weighted by molar-refractivity contribution is 5.04. The van der Waals surface area contributed by atoms with Crippen LogP contribution in [0.2, 0.25) is 0 Å². The molecule has 2 aromatic heterocycles. The Morgan fingerprint density at radius 3 is 3.05 bits per heavy atom. The predicted molar refractivity (Wildman–Crippen MR) is 66.0 cm³/mol. The maximum atomic E-state index is 6.05. The Bertz CT molecular complexity index is 520. The van der Waals surface area contributed by atoms with Crippen molar-refractivity contribution < 1.29 is 9.26 Å². The molecule has 7 nitrogen and oxygen atoms in total. The van der Waals surface area contributed by atoms with Crippen LogP contribution in [-0.4, -0.2) is 27.2 Å². The highest BCUT2D eigenvalue weighted by atomic mass is 16.5. The Hall–Kier alpha value is -1.73. The maximum absolute atomic E-state index is 6.05. The Kier molecular flexibility index (Phi) is 3.31. The third kappa shape index (κ3) is 2.66. The van der Waals surface area contributed by atoms with E-state index in [1.54, 1.807) is 19.6 Å². The average molecular weight is 263 g/mol. The van der Waals surface area contributed by atoms with Crippen LogP contribution in [0.5, 0.6) is 0 Å². The zero-order valence-corrected chi connectivity index (χ0v) is 10.7. The minimum Gasteiger partial charge on any atom is -0.373 e. The van der Waals surface area contributed by atoms with Gasteiger partial charge in [0.05, 0.1) is 12.4 Å². The molecule has 1 unspecified atom stereocenters. The van der Waals surface area contributed by atoms with Crippen molar-refractivity contribution in [3.8, 4) is 0 Å². The number of nitrogens with two attached hydrogens (primary N) is 1. The monoisotopic (exact) mass is 263 g/mol. The number of aromatic nitrogens is 4. The summed E-state index contributed by atoms with van der Waals surface area (Å²) in [6.07, 6.45) is 6.18. The van der Waals surface area contributed by atoms with Crippen molar-refractivity contribution in [1.29, 1.82) is 0 Å². The number of nitrogens with one attached hydrogen (secondary N) is 1. The first-order valence-electron chi connectivity index (χ1n) is 6.37.